The van der Waals surface area contributed by atoms with E-state index in [4.69, 9.17) is 5.73 Å². The standard InChI is InChI=1S/C18H22N4O3/c1-12(23)21-6-7-22(11-14(10-21)18(19)25)17(24)8-13-9-20-16-5-3-2-4-15(13)16/h2-5,9,14,20H,6-8,10-11H2,1H3,(H2,19,25). The number of fused-ring (bicyclic) bond motifs is 1. The zero-order chi connectivity index (χ0) is 18.0. The molecule has 3 amide bonds. The summed E-state index contributed by atoms with van der Waals surface area (Å²) in [5.74, 6) is -1.21. The van der Waals surface area contributed by atoms with Gasteiger partial charge in [-0.05, 0) is 11.6 Å². The Labute approximate surface area is 145 Å². The molecular weight excluding hydrogens is 320 g/mol. The van der Waals surface area contributed by atoms with Crippen molar-refractivity contribution in [2.45, 2.75) is 13.3 Å². The lowest BCUT2D eigenvalue weighted by Gasteiger charge is -2.22. The van der Waals surface area contributed by atoms with Crippen LogP contribution in [0.15, 0.2) is 30.5 Å². The first-order valence-electron chi connectivity index (χ1n) is 8.33. The number of benzene rings is 1. The second-order valence-corrected chi connectivity index (χ2v) is 6.44. The molecule has 25 heavy (non-hydrogen) atoms. The van der Waals surface area contributed by atoms with Crippen LogP contribution in [0.4, 0.5) is 0 Å². The Morgan fingerprint density at radius 2 is 1.84 bits per heavy atom. The summed E-state index contributed by atoms with van der Waals surface area (Å²) in [6.45, 7) is 2.80. The van der Waals surface area contributed by atoms with Gasteiger partial charge in [0.2, 0.25) is 17.7 Å². The summed E-state index contributed by atoms with van der Waals surface area (Å²) in [5, 5.41) is 1.02. The topological polar surface area (TPSA) is 99.5 Å². The van der Waals surface area contributed by atoms with Crippen molar-refractivity contribution in [1.29, 1.82) is 0 Å². The highest BCUT2D eigenvalue weighted by atomic mass is 16.2. The minimum absolute atomic E-state index is 0.0681. The molecule has 0 spiro atoms. The molecule has 1 fully saturated rings. The van der Waals surface area contributed by atoms with Gasteiger partial charge in [0.25, 0.3) is 0 Å². The number of hydrogen-bond acceptors (Lipinski definition) is 3. The molecule has 1 atom stereocenters. The highest BCUT2D eigenvalue weighted by Gasteiger charge is 2.30. The van der Waals surface area contributed by atoms with Crippen molar-refractivity contribution in [3.05, 3.63) is 36.0 Å². The van der Waals surface area contributed by atoms with E-state index in [0.717, 1.165) is 16.5 Å². The largest absolute Gasteiger partial charge is 0.369 e. The van der Waals surface area contributed by atoms with Crippen LogP contribution in [0.1, 0.15) is 12.5 Å². The molecule has 3 rings (SSSR count). The number of primary amides is 1. The Morgan fingerprint density at radius 3 is 2.56 bits per heavy atom. The van der Waals surface area contributed by atoms with E-state index in [-0.39, 0.29) is 31.3 Å². The van der Waals surface area contributed by atoms with Crippen LogP contribution >= 0.6 is 0 Å². The maximum atomic E-state index is 12.8. The van der Waals surface area contributed by atoms with Gasteiger partial charge in [-0.15, -0.1) is 0 Å². The first-order chi connectivity index (χ1) is 12.0. The number of carbonyl (C=O) groups excluding carboxylic acids is 3. The Kier molecular flexibility index (Phi) is 4.74. The molecule has 1 aromatic heterocycles. The van der Waals surface area contributed by atoms with E-state index in [2.05, 4.69) is 4.98 Å². The Morgan fingerprint density at radius 1 is 1.16 bits per heavy atom. The van der Waals surface area contributed by atoms with Gasteiger partial charge in [0, 0.05) is 50.2 Å². The molecule has 2 aromatic rings. The fourth-order valence-electron chi connectivity index (χ4n) is 3.26. The van der Waals surface area contributed by atoms with E-state index in [1.165, 1.54) is 6.92 Å². The van der Waals surface area contributed by atoms with Gasteiger partial charge in [-0.2, -0.15) is 0 Å². The fourth-order valence-corrected chi connectivity index (χ4v) is 3.26. The van der Waals surface area contributed by atoms with E-state index >= 15 is 0 Å². The van der Waals surface area contributed by atoms with Gasteiger partial charge < -0.3 is 20.5 Å². The monoisotopic (exact) mass is 342 g/mol. The number of hydrogen-bond donors (Lipinski definition) is 2. The van der Waals surface area contributed by atoms with E-state index in [1.807, 2.05) is 30.5 Å². The third-order valence-corrected chi connectivity index (χ3v) is 4.74. The summed E-state index contributed by atoms with van der Waals surface area (Å²) in [4.78, 5) is 42.5. The van der Waals surface area contributed by atoms with Crippen molar-refractivity contribution in [3.63, 3.8) is 0 Å². The lowest BCUT2D eigenvalue weighted by molar-refractivity contribution is -0.132. The highest BCUT2D eigenvalue weighted by molar-refractivity contribution is 5.89. The predicted molar refractivity (Wildman–Crippen MR) is 93.5 cm³/mol. The summed E-state index contributed by atoms with van der Waals surface area (Å²) in [6.07, 6.45) is 2.09. The van der Waals surface area contributed by atoms with Crippen molar-refractivity contribution >= 4 is 28.6 Å². The van der Waals surface area contributed by atoms with Crippen molar-refractivity contribution in [2.75, 3.05) is 26.2 Å². The molecule has 1 saturated heterocycles. The van der Waals surface area contributed by atoms with Crippen LogP contribution < -0.4 is 5.73 Å². The minimum Gasteiger partial charge on any atom is -0.369 e. The first kappa shape index (κ1) is 17.0. The molecule has 3 N–H and O–H groups in total. The van der Waals surface area contributed by atoms with Crippen LogP contribution in [-0.2, 0) is 20.8 Å². The van der Waals surface area contributed by atoms with E-state index in [1.54, 1.807) is 9.80 Å². The maximum absolute atomic E-state index is 12.8. The van der Waals surface area contributed by atoms with Crippen LogP contribution in [0.3, 0.4) is 0 Å². The fraction of sp³-hybridized carbons (Fsp3) is 0.389. The average Bonchev–Trinajstić information content (AvgIpc) is 2.83. The van der Waals surface area contributed by atoms with E-state index in [9.17, 15) is 14.4 Å². The Bertz CT molecular complexity index is 814. The third-order valence-electron chi connectivity index (χ3n) is 4.74. The summed E-state index contributed by atoms with van der Waals surface area (Å²) in [6, 6.07) is 7.81. The van der Waals surface area contributed by atoms with Gasteiger partial charge in [0.15, 0.2) is 0 Å². The number of aromatic nitrogens is 1. The lowest BCUT2D eigenvalue weighted by atomic mass is 10.1. The molecule has 132 valence electrons. The van der Waals surface area contributed by atoms with Crippen molar-refractivity contribution in [1.82, 2.24) is 14.8 Å². The van der Waals surface area contributed by atoms with Crippen LogP contribution in [-0.4, -0.2) is 58.7 Å². The quantitative estimate of drug-likeness (QED) is 0.850. The molecule has 1 unspecified atom stereocenters. The normalized spacial score (nSPS) is 18.2. The molecule has 7 nitrogen and oxygen atoms in total. The van der Waals surface area contributed by atoms with E-state index < -0.39 is 11.8 Å². The summed E-state index contributed by atoms with van der Waals surface area (Å²) in [5.41, 5.74) is 7.36. The molecule has 7 heteroatoms. The van der Waals surface area contributed by atoms with Crippen molar-refractivity contribution in [3.8, 4) is 0 Å². The summed E-state index contributed by atoms with van der Waals surface area (Å²) < 4.78 is 0. The highest BCUT2D eigenvalue weighted by Crippen LogP contribution is 2.19. The number of carbonyl (C=O) groups is 3. The molecule has 2 heterocycles. The lowest BCUT2D eigenvalue weighted by Crippen LogP contribution is -2.41. The molecule has 1 aliphatic rings. The van der Waals surface area contributed by atoms with Gasteiger partial charge in [0.1, 0.15) is 0 Å². The zero-order valence-corrected chi connectivity index (χ0v) is 14.2. The van der Waals surface area contributed by atoms with Crippen molar-refractivity contribution in [2.24, 2.45) is 11.7 Å². The molecular formula is C18H22N4O3. The molecule has 0 radical (unpaired) electrons. The number of nitrogens with two attached hydrogens (primary N) is 1. The Hall–Kier alpha value is -2.83. The zero-order valence-electron chi connectivity index (χ0n) is 14.2. The summed E-state index contributed by atoms with van der Waals surface area (Å²) in [7, 11) is 0. The SMILES string of the molecule is CC(=O)N1CCN(C(=O)Cc2c[nH]c3ccccc23)CC(C(N)=O)C1. The predicted octanol–water partition coefficient (Wildman–Crippen LogP) is 0.503. The number of para-hydroxylation sites is 1. The van der Waals surface area contributed by atoms with Crippen LogP contribution in [0.5, 0.6) is 0 Å². The molecule has 0 bridgehead atoms. The molecule has 0 aliphatic carbocycles. The van der Waals surface area contributed by atoms with Crippen LogP contribution in [0, 0.1) is 5.92 Å². The first-order valence-corrected chi connectivity index (χ1v) is 8.33. The number of amides is 3. The third kappa shape index (κ3) is 3.65. The molecule has 0 saturated carbocycles. The number of nitrogens with zero attached hydrogens (tertiary/aromatic N) is 2. The number of rotatable bonds is 3. The van der Waals surface area contributed by atoms with Gasteiger partial charge in [-0.3, -0.25) is 14.4 Å². The number of nitrogens with one attached hydrogen (secondary N) is 1. The van der Waals surface area contributed by atoms with Gasteiger partial charge in [-0.25, -0.2) is 0 Å². The molecule has 1 aromatic carbocycles. The smallest absolute Gasteiger partial charge is 0.227 e. The van der Waals surface area contributed by atoms with Gasteiger partial charge >= 0.3 is 0 Å². The molecule has 1 aliphatic heterocycles. The van der Waals surface area contributed by atoms with Gasteiger partial charge in [0.05, 0.1) is 12.3 Å². The number of H-pyrrole nitrogens is 1. The van der Waals surface area contributed by atoms with Crippen LogP contribution in [0.2, 0.25) is 0 Å². The maximum Gasteiger partial charge on any atom is 0.227 e. The second-order valence-electron chi connectivity index (χ2n) is 6.44. The second kappa shape index (κ2) is 6.96. The average molecular weight is 342 g/mol. The summed E-state index contributed by atoms with van der Waals surface area (Å²) >= 11 is 0. The van der Waals surface area contributed by atoms with Crippen molar-refractivity contribution < 1.29 is 14.4 Å². The Balaban J connectivity index is 1.76. The van der Waals surface area contributed by atoms with Gasteiger partial charge in [-0.1, -0.05) is 18.2 Å². The van der Waals surface area contributed by atoms with E-state index in [0.29, 0.717) is 13.1 Å². The minimum atomic E-state index is -0.543. The van der Waals surface area contributed by atoms with Crippen LogP contribution in [0.25, 0.3) is 10.9 Å². The number of aromatic amines is 1.